The van der Waals surface area contributed by atoms with Crippen LogP contribution in [0.2, 0.25) is 0 Å². The molecule has 1 aromatic carbocycles. The highest BCUT2D eigenvalue weighted by Crippen LogP contribution is 2.41. The maximum atomic E-state index is 5.76. The van der Waals surface area contributed by atoms with Crippen LogP contribution in [0, 0.1) is 0 Å². The second kappa shape index (κ2) is 7.17. The standard InChI is InChI=1S/C13H17BrN4O2S/c1-4-8-13(21-18-17-8)11(16-15)7-5-6-9(19-2)10(14)12(7)20-3/h5-6,11,16H,4,15H2,1-3H3. The van der Waals surface area contributed by atoms with Crippen LogP contribution in [0.15, 0.2) is 16.6 Å². The minimum atomic E-state index is -0.239. The fourth-order valence-corrected chi connectivity index (χ4v) is 3.64. The molecule has 1 atom stereocenters. The summed E-state index contributed by atoms with van der Waals surface area (Å²) in [7, 11) is 3.22. The zero-order valence-electron chi connectivity index (χ0n) is 12.0. The Labute approximate surface area is 135 Å². The number of nitrogens with one attached hydrogen (secondary N) is 1. The summed E-state index contributed by atoms with van der Waals surface area (Å²) in [6.07, 6.45) is 0.795. The molecule has 0 saturated carbocycles. The van der Waals surface area contributed by atoms with Crippen LogP contribution < -0.4 is 20.7 Å². The van der Waals surface area contributed by atoms with Crippen LogP contribution in [0.5, 0.6) is 11.5 Å². The third kappa shape index (κ3) is 3.03. The molecule has 0 bridgehead atoms. The molecule has 8 heteroatoms. The van der Waals surface area contributed by atoms with E-state index in [2.05, 4.69) is 30.9 Å². The number of aryl methyl sites for hydroxylation is 1. The molecule has 1 aromatic heterocycles. The van der Waals surface area contributed by atoms with E-state index in [1.165, 1.54) is 11.5 Å². The maximum Gasteiger partial charge on any atom is 0.142 e. The summed E-state index contributed by atoms with van der Waals surface area (Å²) >= 11 is 4.83. The highest BCUT2D eigenvalue weighted by Gasteiger charge is 2.25. The molecule has 21 heavy (non-hydrogen) atoms. The fraction of sp³-hybridized carbons (Fsp3) is 0.385. The second-order valence-corrected chi connectivity index (χ2v) is 5.82. The molecule has 0 aliphatic carbocycles. The predicted molar refractivity (Wildman–Crippen MR) is 85.7 cm³/mol. The molecule has 1 unspecified atom stereocenters. The summed E-state index contributed by atoms with van der Waals surface area (Å²) in [6.45, 7) is 2.04. The molecule has 114 valence electrons. The largest absolute Gasteiger partial charge is 0.495 e. The van der Waals surface area contributed by atoms with Crippen molar-refractivity contribution in [2.24, 2.45) is 5.84 Å². The summed E-state index contributed by atoms with van der Waals surface area (Å²) in [5.74, 6) is 7.14. The quantitative estimate of drug-likeness (QED) is 0.598. The number of benzene rings is 1. The lowest BCUT2D eigenvalue weighted by molar-refractivity contribution is 0.383. The Bertz CT molecular complexity index is 620. The first kappa shape index (κ1) is 16.2. The number of ether oxygens (including phenoxy) is 2. The Morgan fingerprint density at radius 2 is 2.14 bits per heavy atom. The topological polar surface area (TPSA) is 82.3 Å². The van der Waals surface area contributed by atoms with Crippen LogP contribution >= 0.6 is 27.5 Å². The SMILES string of the molecule is CCc1nnsc1C(NN)c1ccc(OC)c(Br)c1OC. The Hall–Kier alpha value is -1.22. The maximum absolute atomic E-state index is 5.76. The molecule has 0 aliphatic heterocycles. The van der Waals surface area contributed by atoms with Crippen LogP contribution in [0.3, 0.4) is 0 Å². The van der Waals surface area contributed by atoms with Crippen LogP contribution in [-0.2, 0) is 6.42 Å². The number of hydrazine groups is 1. The van der Waals surface area contributed by atoms with E-state index in [-0.39, 0.29) is 6.04 Å². The van der Waals surface area contributed by atoms with Crippen molar-refractivity contribution in [2.75, 3.05) is 14.2 Å². The summed E-state index contributed by atoms with van der Waals surface area (Å²) in [5.41, 5.74) is 4.65. The van der Waals surface area contributed by atoms with Crippen molar-refractivity contribution in [2.45, 2.75) is 19.4 Å². The smallest absolute Gasteiger partial charge is 0.142 e. The van der Waals surface area contributed by atoms with Gasteiger partial charge in [0, 0.05) is 5.56 Å². The van der Waals surface area contributed by atoms with Gasteiger partial charge in [0.15, 0.2) is 0 Å². The lowest BCUT2D eigenvalue weighted by Crippen LogP contribution is -2.29. The van der Waals surface area contributed by atoms with E-state index < -0.39 is 0 Å². The monoisotopic (exact) mass is 372 g/mol. The molecule has 3 N–H and O–H groups in total. The van der Waals surface area contributed by atoms with Gasteiger partial charge in [-0.25, -0.2) is 5.43 Å². The molecule has 1 heterocycles. The van der Waals surface area contributed by atoms with Gasteiger partial charge >= 0.3 is 0 Å². The van der Waals surface area contributed by atoms with Gasteiger partial charge in [-0.2, -0.15) is 0 Å². The summed E-state index contributed by atoms with van der Waals surface area (Å²) in [5, 5.41) is 4.14. The number of nitrogens with two attached hydrogens (primary N) is 1. The summed E-state index contributed by atoms with van der Waals surface area (Å²) in [4.78, 5) is 0.982. The molecule has 0 spiro atoms. The zero-order chi connectivity index (χ0) is 15.4. The minimum Gasteiger partial charge on any atom is -0.495 e. The molecular formula is C13H17BrN4O2S. The number of aromatic nitrogens is 2. The molecule has 0 fully saturated rings. The number of hydrogen-bond acceptors (Lipinski definition) is 7. The van der Waals surface area contributed by atoms with Gasteiger partial charge in [0.2, 0.25) is 0 Å². The normalized spacial score (nSPS) is 12.2. The first-order valence-corrected chi connectivity index (χ1v) is 7.92. The third-order valence-corrected chi connectivity index (χ3v) is 4.76. The van der Waals surface area contributed by atoms with Gasteiger partial charge in [0.1, 0.15) is 16.0 Å². The van der Waals surface area contributed by atoms with Gasteiger partial charge in [0.05, 0.1) is 30.8 Å². The molecule has 0 aliphatic rings. The van der Waals surface area contributed by atoms with E-state index in [9.17, 15) is 0 Å². The second-order valence-electron chi connectivity index (χ2n) is 4.24. The summed E-state index contributed by atoms with van der Waals surface area (Å²) in [6, 6.07) is 3.55. The number of nitrogens with zero attached hydrogens (tertiary/aromatic N) is 2. The van der Waals surface area contributed by atoms with Crippen molar-refractivity contribution in [3.8, 4) is 11.5 Å². The van der Waals surface area contributed by atoms with E-state index in [1.54, 1.807) is 14.2 Å². The van der Waals surface area contributed by atoms with Gasteiger partial charge in [-0.05, 0) is 46.0 Å². The van der Waals surface area contributed by atoms with Gasteiger partial charge < -0.3 is 9.47 Å². The molecular weight excluding hydrogens is 356 g/mol. The van der Waals surface area contributed by atoms with E-state index in [4.69, 9.17) is 15.3 Å². The Morgan fingerprint density at radius 1 is 1.38 bits per heavy atom. The lowest BCUT2D eigenvalue weighted by atomic mass is 10.0. The van der Waals surface area contributed by atoms with Crippen LogP contribution in [0.25, 0.3) is 0 Å². The molecule has 0 saturated heterocycles. The number of hydrogen-bond donors (Lipinski definition) is 2. The van der Waals surface area contributed by atoms with Crippen molar-refractivity contribution >= 4 is 27.5 Å². The molecule has 6 nitrogen and oxygen atoms in total. The van der Waals surface area contributed by atoms with Crippen molar-refractivity contribution in [1.82, 2.24) is 15.0 Å². The summed E-state index contributed by atoms with van der Waals surface area (Å²) < 4.78 is 15.6. The van der Waals surface area contributed by atoms with Crippen molar-refractivity contribution < 1.29 is 9.47 Å². The van der Waals surface area contributed by atoms with E-state index in [0.717, 1.165) is 27.0 Å². The van der Waals surface area contributed by atoms with Gasteiger partial charge in [-0.1, -0.05) is 11.4 Å². The Morgan fingerprint density at radius 3 is 2.71 bits per heavy atom. The Kier molecular flexibility index (Phi) is 5.51. The van der Waals surface area contributed by atoms with Crippen LogP contribution in [-0.4, -0.2) is 23.8 Å². The Balaban J connectivity index is 2.55. The molecule has 0 radical (unpaired) electrons. The highest BCUT2D eigenvalue weighted by atomic mass is 79.9. The van der Waals surface area contributed by atoms with Crippen molar-refractivity contribution in [3.05, 3.63) is 32.7 Å². The predicted octanol–water partition coefficient (Wildman–Crippen LogP) is 2.43. The number of rotatable bonds is 6. The van der Waals surface area contributed by atoms with Gasteiger partial charge in [0.25, 0.3) is 0 Å². The van der Waals surface area contributed by atoms with Crippen molar-refractivity contribution in [3.63, 3.8) is 0 Å². The number of halogens is 1. The lowest BCUT2D eigenvalue weighted by Gasteiger charge is -2.20. The first-order valence-electron chi connectivity index (χ1n) is 6.35. The van der Waals surface area contributed by atoms with Crippen LogP contribution in [0.1, 0.15) is 29.1 Å². The third-order valence-electron chi connectivity index (χ3n) is 3.18. The molecule has 2 aromatic rings. The first-order chi connectivity index (χ1) is 10.2. The van der Waals surface area contributed by atoms with Gasteiger partial charge in [-0.3, -0.25) is 5.84 Å². The fourth-order valence-electron chi connectivity index (χ4n) is 2.13. The minimum absolute atomic E-state index is 0.239. The van der Waals surface area contributed by atoms with Crippen LogP contribution in [0.4, 0.5) is 0 Å². The average molecular weight is 373 g/mol. The van der Waals surface area contributed by atoms with E-state index in [0.29, 0.717) is 11.5 Å². The van der Waals surface area contributed by atoms with Gasteiger partial charge in [-0.15, -0.1) is 5.10 Å². The highest BCUT2D eigenvalue weighted by molar-refractivity contribution is 9.10. The molecule has 0 amide bonds. The van der Waals surface area contributed by atoms with Crippen molar-refractivity contribution in [1.29, 1.82) is 0 Å². The van der Waals surface area contributed by atoms with E-state index in [1.807, 2.05) is 19.1 Å². The number of methoxy groups -OCH3 is 2. The average Bonchev–Trinajstić information content (AvgIpc) is 2.97. The van der Waals surface area contributed by atoms with E-state index >= 15 is 0 Å². The molecule has 2 rings (SSSR count). The zero-order valence-corrected chi connectivity index (χ0v) is 14.4.